The summed E-state index contributed by atoms with van der Waals surface area (Å²) in [6.07, 6.45) is 3.92. The number of nitrogens with two attached hydrogens (primary N) is 1. The summed E-state index contributed by atoms with van der Waals surface area (Å²) in [6, 6.07) is 4.45. The van der Waals surface area contributed by atoms with E-state index >= 15 is 0 Å². The van der Waals surface area contributed by atoms with Crippen LogP contribution in [0.3, 0.4) is 0 Å². The van der Waals surface area contributed by atoms with Crippen LogP contribution < -0.4 is 5.73 Å². The molecule has 0 aliphatic rings. The van der Waals surface area contributed by atoms with Gasteiger partial charge in [0, 0.05) is 33.9 Å². The molecule has 0 amide bonds. The van der Waals surface area contributed by atoms with Gasteiger partial charge in [0.15, 0.2) is 0 Å². The minimum Gasteiger partial charge on any atom is -0.327 e. The van der Waals surface area contributed by atoms with Crippen molar-refractivity contribution in [3.05, 3.63) is 34.3 Å². The van der Waals surface area contributed by atoms with Crippen LogP contribution >= 0.6 is 23.1 Å². The van der Waals surface area contributed by atoms with Crippen molar-refractivity contribution in [3.63, 3.8) is 0 Å². The molecule has 2 aromatic heterocycles. The van der Waals surface area contributed by atoms with Crippen molar-refractivity contribution in [1.82, 2.24) is 9.78 Å². The third-order valence-electron chi connectivity index (χ3n) is 2.46. The van der Waals surface area contributed by atoms with Gasteiger partial charge in [0.05, 0.1) is 11.4 Å². The Bertz CT molecular complexity index is 487. The third-order valence-corrected chi connectivity index (χ3v) is 5.12. The number of hydrogen-bond donors (Lipinski definition) is 1. The van der Waals surface area contributed by atoms with Crippen molar-refractivity contribution in [3.8, 4) is 0 Å². The molecule has 0 aliphatic heterocycles. The molecule has 2 N–H and O–H groups in total. The molecule has 2 aromatic rings. The maximum absolute atomic E-state index is 6.09. The second-order valence-electron chi connectivity index (χ2n) is 4.20. The van der Waals surface area contributed by atoms with Gasteiger partial charge in [-0.1, -0.05) is 0 Å². The summed E-state index contributed by atoms with van der Waals surface area (Å²) in [5.41, 5.74) is 6.09. The largest absolute Gasteiger partial charge is 0.327 e. The fourth-order valence-corrected chi connectivity index (χ4v) is 3.92. The fraction of sp³-hybridized carbons (Fsp3) is 0.417. The Morgan fingerprint density at radius 1 is 1.47 bits per heavy atom. The summed E-state index contributed by atoms with van der Waals surface area (Å²) < 4.78 is 1.82. The van der Waals surface area contributed by atoms with Gasteiger partial charge in [-0.25, -0.2) is 0 Å². The van der Waals surface area contributed by atoms with Crippen molar-refractivity contribution in [1.29, 1.82) is 0 Å². The summed E-state index contributed by atoms with van der Waals surface area (Å²) in [4.78, 5) is 3.84. The van der Waals surface area contributed by atoms with Crippen molar-refractivity contribution < 1.29 is 0 Å². The lowest BCUT2D eigenvalue weighted by Crippen LogP contribution is -2.21. The van der Waals surface area contributed by atoms with Crippen LogP contribution in [0.1, 0.15) is 21.9 Å². The van der Waals surface area contributed by atoms with E-state index in [1.165, 1.54) is 14.6 Å². The van der Waals surface area contributed by atoms with Gasteiger partial charge in [-0.15, -0.1) is 23.1 Å². The molecule has 3 nitrogen and oxygen atoms in total. The number of hydrogen-bond acceptors (Lipinski definition) is 4. The fourth-order valence-electron chi connectivity index (χ4n) is 1.64. The highest BCUT2D eigenvalue weighted by Gasteiger charge is 2.19. The van der Waals surface area contributed by atoms with E-state index in [9.17, 15) is 0 Å². The summed E-state index contributed by atoms with van der Waals surface area (Å²) >= 11 is 3.61. The predicted molar refractivity (Wildman–Crippen MR) is 74.5 cm³/mol. The van der Waals surface area contributed by atoms with Crippen LogP contribution in [0.4, 0.5) is 0 Å². The molecule has 0 saturated carbocycles. The van der Waals surface area contributed by atoms with E-state index in [4.69, 9.17) is 5.73 Å². The molecule has 5 heteroatoms. The van der Waals surface area contributed by atoms with Gasteiger partial charge in [0.2, 0.25) is 0 Å². The maximum Gasteiger partial charge on any atom is 0.0626 e. The molecule has 0 saturated heterocycles. The Hall–Kier alpha value is -0.780. The van der Waals surface area contributed by atoms with Gasteiger partial charge >= 0.3 is 0 Å². The first-order valence-electron chi connectivity index (χ1n) is 5.53. The van der Waals surface area contributed by atoms with Crippen molar-refractivity contribution >= 4 is 23.1 Å². The molecule has 2 heterocycles. The highest BCUT2D eigenvalue weighted by molar-refractivity contribution is 7.99. The quantitative estimate of drug-likeness (QED) is 0.866. The van der Waals surface area contributed by atoms with E-state index in [1.54, 1.807) is 11.8 Å². The first-order chi connectivity index (χ1) is 8.06. The van der Waals surface area contributed by atoms with Crippen LogP contribution in [0.2, 0.25) is 0 Å². The number of thiophene rings is 1. The van der Waals surface area contributed by atoms with Gasteiger partial charge in [-0.3, -0.25) is 4.68 Å². The lowest BCUT2D eigenvalue weighted by atomic mass is 10.2. The first-order valence-corrected chi connectivity index (χ1v) is 7.23. The standard InChI is InChI=1S/C12H17N3S2/c1-8-4-5-11(16-8)12(9(2)13)17-10-6-14-15(3)7-10/h4-7,9,12H,13H2,1-3H3. The second-order valence-corrected chi connectivity index (χ2v) is 6.73. The van der Waals surface area contributed by atoms with E-state index in [2.05, 4.69) is 31.1 Å². The second kappa shape index (κ2) is 5.25. The zero-order valence-electron chi connectivity index (χ0n) is 10.3. The molecule has 2 unspecified atom stereocenters. The van der Waals surface area contributed by atoms with E-state index in [1.807, 2.05) is 35.5 Å². The number of rotatable bonds is 4. The van der Waals surface area contributed by atoms with Crippen molar-refractivity contribution in [2.24, 2.45) is 12.8 Å². The topological polar surface area (TPSA) is 43.8 Å². The average molecular weight is 267 g/mol. The first kappa shape index (κ1) is 12.7. The van der Waals surface area contributed by atoms with Crippen LogP contribution in [0, 0.1) is 6.92 Å². The average Bonchev–Trinajstić information content (AvgIpc) is 2.83. The third kappa shape index (κ3) is 3.12. The zero-order valence-corrected chi connectivity index (χ0v) is 11.9. The minimum atomic E-state index is 0.123. The molecular formula is C12H17N3S2. The molecule has 0 radical (unpaired) electrons. The molecule has 0 fully saturated rings. The molecule has 17 heavy (non-hydrogen) atoms. The Kier molecular flexibility index (Phi) is 3.91. The Morgan fingerprint density at radius 2 is 2.24 bits per heavy atom. The molecule has 0 aromatic carbocycles. The lowest BCUT2D eigenvalue weighted by Gasteiger charge is -2.17. The van der Waals surface area contributed by atoms with E-state index in [-0.39, 0.29) is 6.04 Å². The maximum atomic E-state index is 6.09. The summed E-state index contributed by atoms with van der Waals surface area (Å²) in [5.74, 6) is 0. The molecule has 0 spiro atoms. The number of aromatic nitrogens is 2. The molecule has 2 rings (SSSR count). The van der Waals surface area contributed by atoms with E-state index in [0.717, 1.165) is 0 Å². The van der Waals surface area contributed by atoms with Crippen LogP contribution in [-0.4, -0.2) is 15.8 Å². The van der Waals surface area contributed by atoms with Gasteiger partial charge in [-0.05, 0) is 26.0 Å². The molecular weight excluding hydrogens is 250 g/mol. The summed E-state index contributed by atoms with van der Waals surface area (Å²) in [5, 5.41) is 4.49. The minimum absolute atomic E-state index is 0.123. The molecule has 2 atom stereocenters. The summed E-state index contributed by atoms with van der Waals surface area (Å²) in [6.45, 7) is 4.18. The van der Waals surface area contributed by atoms with Gasteiger partial charge in [0.1, 0.15) is 0 Å². The molecule has 92 valence electrons. The monoisotopic (exact) mass is 267 g/mol. The van der Waals surface area contributed by atoms with Crippen LogP contribution in [0.15, 0.2) is 29.4 Å². The molecule has 0 aliphatic carbocycles. The highest BCUT2D eigenvalue weighted by atomic mass is 32.2. The lowest BCUT2D eigenvalue weighted by molar-refractivity contribution is 0.729. The normalized spacial score (nSPS) is 14.8. The van der Waals surface area contributed by atoms with Crippen LogP contribution in [0.25, 0.3) is 0 Å². The van der Waals surface area contributed by atoms with Crippen LogP contribution in [0.5, 0.6) is 0 Å². The van der Waals surface area contributed by atoms with Gasteiger partial charge in [-0.2, -0.15) is 5.10 Å². The Labute approximate surface area is 110 Å². The number of thioether (sulfide) groups is 1. The van der Waals surface area contributed by atoms with E-state index < -0.39 is 0 Å². The van der Waals surface area contributed by atoms with Crippen molar-refractivity contribution in [2.45, 2.75) is 30.0 Å². The van der Waals surface area contributed by atoms with Gasteiger partial charge < -0.3 is 5.73 Å². The van der Waals surface area contributed by atoms with Crippen LogP contribution in [-0.2, 0) is 7.05 Å². The number of nitrogens with zero attached hydrogens (tertiary/aromatic N) is 2. The smallest absolute Gasteiger partial charge is 0.0626 e. The van der Waals surface area contributed by atoms with Gasteiger partial charge in [0.25, 0.3) is 0 Å². The predicted octanol–water partition coefficient (Wildman–Crippen LogP) is 2.97. The molecule has 0 bridgehead atoms. The Balaban J connectivity index is 2.18. The van der Waals surface area contributed by atoms with Crippen molar-refractivity contribution in [2.75, 3.05) is 0 Å². The zero-order chi connectivity index (χ0) is 12.4. The highest BCUT2D eigenvalue weighted by Crippen LogP contribution is 2.39. The SMILES string of the molecule is Cc1ccc(C(Sc2cnn(C)c2)C(C)N)s1. The number of aryl methyl sites for hydroxylation is 2. The summed E-state index contributed by atoms with van der Waals surface area (Å²) in [7, 11) is 1.93. The Morgan fingerprint density at radius 3 is 2.71 bits per heavy atom. The van der Waals surface area contributed by atoms with E-state index in [0.29, 0.717) is 5.25 Å².